The van der Waals surface area contributed by atoms with Gasteiger partial charge in [0.2, 0.25) is 0 Å². The Morgan fingerprint density at radius 2 is 2.10 bits per heavy atom. The molecular formula is C14H15N3O3S. The Labute approximate surface area is 122 Å². The van der Waals surface area contributed by atoms with Gasteiger partial charge in [0.25, 0.3) is 15.9 Å². The van der Waals surface area contributed by atoms with Gasteiger partial charge in [-0.1, -0.05) is 18.2 Å². The van der Waals surface area contributed by atoms with E-state index in [4.69, 9.17) is 0 Å². The number of fused-ring (bicyclic) bond motifs is 1. The first-order valence-electron chi connectivity index (χ1n) is 6.72. The van der Waals surface area contributed by atoms with Gasteiger partial charge in [0.1, 0.15) is 4.90 Å². The third kappa shape index (κ3) is 2.74. The van der Waals surface area contributed by atoms with Gasteiger partial charge < -0.3 is 5.32 Å². The summed E-state index contributed by atoms with van der Waals surface area (Å²) in [5.41, 5.74) is 0.361. The number of aromatic nitrogens is 1. The van der Waals surface area contributed by atoms with E-state index < -0.39 is 22.0 Å². The molecule has 1 amide bonds. The van der Waals surface area contributed by atoms with Crippen LogP contribution in [0.5, 0.6) is 0 Å². The zero-order valence-electron chi connectivity index (χ0n) is 11.2. The number of rotatable bonds is 3. The highest BCUT2D eigenvalue weighted by atomic mass is 32.2. The van der Waals surface area contributed by atoms with E-state index in [1.807, 2.05) is 0 Å². The molecule has 1 saturated heterocycles. The van der Waals surface area contributed by atoms with Crippen molar-refractivity contribution in [2.45, 2.75) is 23.8 Å². The fourth-order valence-electron chi connectivity index (χ4n) is 2.46. The quantitative estimate of drug-likeness (QED) is 0.875. The molecule has 110 valence electrons. The zero-order chi connectivity index (χ0) is 14.9. The molecule has 21 heavy (non-hydrogen) atoms. The first-order valence-corrected chi connectivity index (χ1v) is 8.20. The first kappa shape index (κ1) is 14.0. The van der Waals surface area contributed by atoms with Crippen molar-refractivity contribution in [2.75, 3.05) is 6.54 Å². The van der Waals surface area contributed by atoms with Gasteiger partial charge in [0, 0.05) is 11.6 Å². The smallest absolute Gasteiger partial charge is 0.266 e. The Morgan fingerprint density at radius 3 is 2.86 bits per heavy atom. The molecule has 1 atom stereocenters. The zero-order valence-corrected chi connectivity index (χ0v) is 12.1. The SMILES string of the molecule is O=C(NS(=O)(=O)c1cccc2cccnc12)[C@@H]1CCCN1. The molecule has 0 saturated carbocycles. The summed E-state index contributed by atoms with van der Waals surface area (Å²) in [6.45, 7) is 0.730. The average molecular weight is 305 g/mol. The number of amides is 1. The summed E-state index contributed by atoms with van der Waals surface area (Å²) >= 11 is 0. The van der Waals surface area contributed by atoms with Crippen LogP contribution < -0.4 is 10.0 Å². The number of carbonyl (C=O) groups is 1. The van der Waals surface area contributed by atoms with Crippen molar-refractivity contribution < 1.29 is 13.2 Å². The molecule has 0 aliphatic carbocycles. The lowest BCUT2D eigenvalue weighted by atomic mass is 10.2. The van der Waals surface area contributed by atoms with Crippen LogP contribution in [0.1, 0.15) is 12.8 Å². The molecule has 2 N–H and O–H groups in total. The normalized spacial score (nSPS) is 18.8. The van der Waals surface area contributed by atoms with Gasteiger partial charge in [-0.2, -0.15) is 0 Å². The van der Waals surface area contributed by atoms with Crippen LogP contribution >= 0.6 is 0 Å². The number of sulfonamides is 1. The average Bonchev–Trinajstić information content (AvgIpc) is 3.00. The van der Waals surface area contributed by atoms with Crippen LogP contribution in [0, 0.1) is 0 Å². The maximum Gasteiger partial charge on any atom is 0.266 e. The van der Waals surface area contributed by atoms with Crippen LogP contribution in [0.4, 0.5) is 0 Å². The molecule has 2 aromatic rings. The molecule has 1 aliphatic heterocycles. The van der Waals surface area contributed by atoms with Gasteiger partial charge in [0.05, 0.1) is 11.6 Å². The maximum absolute atomic E-state index is 12.4. The third-order valence-electron chi connectivity index (χ3n) is 3.50. The van der Waals surface area contributed by atoms with Crippen molar-refractivity contribution in [1.29, 1.82) is 0 Å². The van der Waals surface area contributed by atoms with E-state index in [0.717, 1.165) is 13.0 Å². The van der Waals surface area contributed by atoms with Crippen LogP contribution in [0.2, 0.25) is 0 Å². The summed E-state index contributed by atoms with van der Waals surface area (Å²) in [4.78, 5) is 16.1. The summed E-state index contributed by atoms with van der Waals surface area (Å²) in [6, 6.07) is 7.94. The molecule has 0 spiro atoms. The van der Waals surface area contributed by atoms with Gasteiger partial charge in [-0.05, 0) is 31.5 Å². The van der Waals surface area contributed by atoms with Crippen LogP contribution in [-0.2, 0) is 14.8 Å². The second kappa shape index (κ2) is 5.42. The minimum Gasteiger partial charge on any atom is -0.306 e. The molecule has 1 aliphatic rings. The number of benzene rings is 1. The van der Waals surface area contributed by atoms with Crippen molar-refractivity contribution >= 4 is 26.8 Å². The van der Waals surface area contributed by atoms with Gasteiger partial charge in [-0.15, -0.1) is 0 Å². The second-order valence-corrected chi connectivity index (χ2v) is 6.60. The second-order valence-electron chi connectivity index (χ2n) is 4.95. The number of hydrogen-bond acceptors (Lipinski definition) is 5. The van der Waals surface area contributed by atoms with E-state index in [1.165, 1.54) is 12.3 Å². The Morgan fingerprint density at radius 1 is 1.29 bits per heavy atom. The molecule has 6 nitrogen and oxygen atoms in total. The molecule has 3 rings (SSSR count). The number of nitrogens with zero attached hydrogens (tertiary/aromatic N) is 1. The Hall–Kier alpha value is -1.99. The van der Waals surface area contributed by atoms with Gasteiger partial charge in [-0.3, -0.25) is 9.78 Å². The highest BCUT2D eigenvalue weighted by molar-refractivity contribution is 7.90. The van der Waals surface area contributed by atoms with E-state index in [0.29, 0.717) is 17.3 Å². The highest BCUT2D eigenvalue weighted by Gasteiger charge is 2.27. The van der Waals surface area contributed by atoms with Crippen LogP contribution in [0.15, 0.2) is 41.4 Å². The van der Waals surface area contributed by atoms with Gasteiger partial charge in [0.15, 0.2) is 0 Å². The summed E-state index contributed by atoms with van der Waals surface area (Å²) < 4.78 is 27.0. The number of pyridine rings is 1. The lowest BCUT2D eigenvalue weighted by Gasteiger charge is -2.12. The molecule has 0 unspecified atom stereocenters. The van der Waals surface area contributed by atoms with Crippen LogP contribution in [0.25, 0.3) is 10.9 Å². The Bertz CT molecular complexity index is 778. The topological polar surface area (TPSA) is 88.2 Å². The summed E-state index contributed by atoms with van der Waals surface area (Å²) in [7, 11) is -3.93. The van der Waals surface area contributed by atoms with Gasteiger partial charge >= 0.3 is 0 Å². The Balaban J connectivity index is 1.95. The molecule has 7 heteroatoms. The Kier molecular flexibility index (Phi) is 3.60. The monoisotopic (exact) mass is 305 g/mol. The van der Waals surface area contributed by atoms with Crippen molar-refractivity contribution in [2.24, 2.45) is 0 Å². The fourth-order valence-corrected chi connectivity index (χ4v) is 3.66. The van der Waals surface area contributed by atoms with E-state index in [2.05, 4.69) is 15.0 Å². The fraction of sp³-hybridized carbons (Fsp3) is 0.286. The van der Waals surface area contributed by atoms with E-state index in [-0.39, 0.29) is 4.90 Å². The van der Waals surface area contributed by atoms with Crippen molar-refractivity contribution in [3.63, 3.8) is 0 Å². The number of para-hydroxylation sites is 1. The summed E-state index contributed by atoms with van der Waals surface area (Å²) in [5.74, 6) is -0.513. The predicted molar refractivity (Wildman–Crippen MR) is 78.1 cm³/mol. The minimum absolute atomic E-state index is 0.0203. The van der Waals surface area contributed by atoms with Crippen molar-refractivity contribution in [3.8, 4) is 0 Å². The molecule has 0 radical (unpaired) electrons. The molecule has 1 aromatic heterocycles. The molecule has 0 bridgehead atoms. The highest BCUT2D eigenvalue weighted by Crippen LogP contribution is 2.20. The molecule has 1 fully saturated rings. The number of nitrogens with one attached hydrogen (secondary N) is 2. The van der Waals surface area contributed by atoms with Crippen LogP contribution in [-0.4, -0.2) is 31.9 Å². The molecule has 2 heterocycles. The largest absolute Gasteiger partial charge is 0.306 e. The van der Waals surface area contributed by atoms with Gasteiger partial charge in [-0.25, -0.2) is 13.1 Å². The molecular weight excluding hydrogens is 290 g/mol. The third-order valence-corrected chi connectivity index (χ3v) is 4.88. The first-order chi connectivity index (χ1) is 10.1. The standard InChI is InChI=1S/C14H15N3O3S/c18-14(11-6-3-8-15-11)17-21(19,20)12-7-1-4-10-5-2-9-16-13(10)12/h1-2,4-5,7,9,11,15H,3,6,8H2,(H,17,18)/t11-/m0/s1. The predicted octanol–water partition coefficient (Wildman–Crippen LogP) is 0.792. The van der Waals surface area contributed by atoms with Crippen molar-refractivity contribution in [1.82, 2.24) is 15.0 Å². The lowest BCUT2D eigenvalue weighted by molar-refractivity contribution is -0.121. The maximum atomic E-state index is 12.4. The van der Waals surface area contributed by atoms with E-state index >= 15 is 0 Å². The lowest BCUT2D eigenvalue weighted by Crippen LogP contribution is -2.43. The number of carbonyl (C=O) groups excluding carboxylic acids is 1. The molecule has 1 aromatic carbocycles. The number of hydrogen-bond donors (Lipinski definition) is 2. The summed E-state index contributed by atoms with van der Waals surface area (Å²) in [6.07, 6.45) is 3.05. The van der Waals surface area contributed by atoms with E-state index in [9.17, 15) is 13.2 Å². The van der Waals surface area contributed by atoms with Crippen molar-refractivity contribution in [3.05, 3.63) is 36.5 Å². The minimum atomic E-state index is -3.93. The summed E-state index contributed by atoms with van der Waals surface area (Å²) in [5, 5.41) is 3.69. The van der Waals surface area contributed by atoms with Crippen LogP contribution in [0.3, 0.4) is 0 Å². The van der Waals surface area contributed by atoms with E-state index in [1.54, 1.807) is 24.3 Å².